The Morgan fingerprint density at radius 3 is 1.88 bits per heavy atom. The smallest absolute Gasteiger partial charge is 0.220 e. The van der Waals surface area contributed by atoms with E-state index in [0.29, 0.717) is 13.1 Å². The molecule has 2 aliphatic rings. The van der Waals surface area contributed by atoms with Crippen molar-refractivity contribution >= 4 is 5.91 Å². The van der Waals surface area contributed by atoms with Gasteiger partial charge in [0.05, 0.1) is 12.8 Å². The van der Waals surface area contributed by atoms with Gasteiger partial charge in [0.1, 0.15) is 0 Å². The number of likely N-dealkylation sites (tertiary alicyclic amines) is 1. The van der Waals surface area contributed by atoms with Crippen LogP contribution in [0.25, 0.3) is 0 Å². The van der Waals surface area contributed by atoms with Crippen molar-refractivity contribution in [3.63, 3.8) is 0 Å². The van der Waals surface area contributed by atoms with Crippen molar-refractivity contribution in [3.05, 3.63) is 0 Å². The molecule has 0 aliphatic carbocycles. The minimum atomic E-state index is -0.215. The first-order chi connectivity index (χ1) is 19.5. The summed E-state index contributed by atoms with van der Waals surface area (Å²) >= 11 is 0. The molecule has 0 aromatic carbocycles. The highest BCUT2D eigenvalue weighted by molar-refractivity contribution is 5.75. The average molecular weight is 580 g/mol. The van der Waals surface area contributed by atoms with Crippen molar-refractivity contribution in [2.75, 3.05) is 52.5 Å². The highest BCUT2D eigenvalue weighted by Crippen LogP contribution is 2.49. The first kappa shape index (κ1) is 36.4. The molecule has 2 aliphatic heterocycles. The summed E-state index contributed by atoms with van der Waals surface area (Å²) in [4.78, 5) is 20.5. The highest BCUT2D eigenvalue weighted by Gasteiger charge is 2.59. The molecule has 0 radical (unpaired) electrons. The van der Waals surface area contributed by atoms with E-state index in [1.807, 2.05) is 0 Å². The Morgan fingerprint density at radius 1 is 0.805 bits per heavy atom. The SMILES string of the molecule is CCCCCCCCCCCCN1CN(C(CNCCCN)NCCCN)C2(C1)CC(C)(C)N(C(C)=O)C(C)(C)C2. The minimum Gasteiger partial charge on any atom is -0.333 e. The average Bonchev–Trinajstić information content (AvgIpc) is 3.20. The molecular formula is C33H69N7O. The third-order valence-electron chi connectivity index (χ3n) is 9.39. The zero-order valence-corrected chi connectivity index (χ0v) is 28.0. The molecule has 2 rings (SSSR count). The predicted molar refractivity (Wildman–Crippen MR) is 175 cm³/mol. The number of unbranched alkanes of at least 4 members (excludes halogenated alkanes) is 9. The van der Waals surface area contributed by atoms with Crippen LogP contribution in [0, 0.1) is 0 Å². The van der Waals surface area contributed by atoms with Crippen LogP contribution < -0.4 is 22.1 Å². The Balaban J connectivity index is 2.12. The number of carbonyl (C=O) groups excluding carboxylic acids is 1. The van der Waals surface area contributed by atoms with E-state index in [0.717, 1.165) is 65.1 Å². The van der Waals surface area contributed by atoms with Crippen molar-refractivity contribution in [2.24, 2.45) is 11.5 Å². The summed E-state index contributed by atoms with van der Waals surface area (Å²) in [7, 11) is 0. The molecule has 2 saturated heterocycles. The van der Waals surface area contributed by atoms with Gasteiger partial charge in [-0.15, -0.1) is 0 Å². The lowest BCUT2D eigenvalue weighted by molar-refractivity contribution is -0.156. The molecular weight excluding hydrogens is 510 g/mol. The molecule has 41 heavy (non-hydrogen) atoms. The summed E-state index contributed by atoms with van der Waals surface area (Å²) in [5, 5.41) is 7.56. The number of hydrogen-bond donors (Lipinski definition) is 4. The second-order valence-corrected chi connectivity index (χ2v) is 14.4. The fourth-order valence-electron chi connectivity index (χ4n) is 8.27. The van der Waals surface area contributed by atoms with Crippen LogP contribution in [0.15, 0.2) is 0 Å². The van der Waals surface area contributed by atoms with Crippen LogP contribution in [0.5, 0.6) is 0 Å². The van der Waals surface area contributed by atoms with Crippen LogP contribution in [-0.2, 0) is 4.79 Å². The number of nitrogens with two attached hydrogens (primary N) is 2. The van der Waals surface area contributed by atoms with Gasteiger partial charge in [0.2, 0.25) is 5.91 Å². The maximum Gasteiger partial charge on any atom is 0.220 e. The van der Waals surface area contributed by atoms with Crippen LogP contribution in [-0.4, -0.2) is 95.9 Å². The van der Waals surface area contributed by atoms with E-state index in [-0.39, 0.29) is 28.7 Å². The number of rotatable bonds is 21. The fourth-order valence-corrected chi connectivity index (χ4v) is 8.27. The van der Waals surface area contributed by atoms with Crippen molar-refractivity contribution in [1.29, 1.82) is 0 Å². The van der Waals surface area contributed by atoms with Gasteiger partial charge in [-0.05, 0) is 92.5 Å². The maximum atomic E-state index is 12.9. The largest absolute Gasteiger partial charge is 0.333 e. The molecule has 0 aromatic rings. The molecule has 0 bridgehead atoms. The summed E-state index contributed by atoms with van der Waals surface area (Å²) in [5.74, 6) is 0.183. The molecule has 8 nitrogen and oxygen atoms in total. The molecule has 0 saturated carbocycles. The van der Waals surface area contributed by atoms with E-state index in [9.17, 15) is 4.79 Å². The van der Waals surface area contributed by atoms with E-state index in [1.54, 1.807) is 6.92 Å². The molecule has 0 aromatic heterocycles. The predicted octanol–water partition coefficient (Wildman–Crippen LogP) is 4.62. The standard InChI is InChI=1S/C33H69N7O/c1-7-8-9-10-11-12-13-14-15-16-23-38-27-33(25-31(3,4)40(29(2)41)32(5,6)26-33)39(28-38)30(37-22-18-20-35)24-36-21-17-19-34/h30,36-37H,7-28,34-35H2,1-6H3. The minimum absolute atomic E-state index is 0.00731. The van der Waals surface area contributed by atoms with Gasteiger partial charge < -0.3 is 27.0 Å². The molecule has 1 atom stereocenters. The number of amides is 1. The number of nitrogens with one attached hydrogen (secondary N) is 2. The van der Waals surface area contributed by atoms with Crippen LogP contribution in [0.1, 0.15) is 131 Å². The van der Waals surface area contributed by atoms with E-state index in [4.69, 9.17) is 11.5 Å². The van der Waals surface area contributed by atoms with E-state index >= 15 is 0 Å². The Labute approximate surface area is 254 Å². The Hall–Kier alpha value is -0.770. The third kappa shape index (κ3) is 11.3. The monoisotopic (exact) mass is 580 g/mol. The van der Waals surface area contributed by atoms with Gasteiger partial charge >= 0.3 is 0 Å². The first-order valence-corrected chi connectivity index (χ1v) is 17.2. The summed E-state index contributed by atoms with van der Waals surface area (Å²) in [6.45, 7) is 20.5. The Morgan fingerprint density at radius 2 is 1.34 bits per heavy atom. The van der Waals surface area contributed by atoms with Crippen LogP contribution >= 0.6 is 0 Å². The van der Waals surface area contributed by atoms with E-state index < -0.39 is 0 Å². The van der Waals surface area contributed by atoms with Crippen molar-refractivity contribution < 1.29 is 4.79 Å². The first-order valence-electron chi connectivity index (χ1n) is 17.2. The zero-order chi connectivity index (χ0) is 30.4. The quantitative estimate of drug-likeness (QED) is 0.147. The van der Waals surface area contributed by atoms with Crippen LogP contribution in [0.4, 0.5) is 0 Å². The maximum absolute atomic E-state index is 12.9. The molecule has 8 heteroatoms. The number of piperidine rings is 1. The van der Waals surface area contributed by atoms with Gasteiger partial charge in [-0.3, -0.25) is 14.6 Å². The second kappa shape index (κ2) is 18.1. The molecule has 242 valence electrons. The Kier molecular flexibility index (Phi) is 16.1. The van der Waals surface area contributed by atoms with Crippen molar-refractivity contribution in [3.8, 4) is 0 Å². The van der Waals surface area contributed by atoms with Gasteiger partial charge in [-0.2, -0.15) is 0 Å². The van der Waals surface area contributed by atoms with Gasteiger partial charge in [0.15, 0.2) is 0 Å². The van der Waals surface area contributed by atoms with E-state index in [2.05, 4.69) is 60.0 Å². The summed E-state index contributed by atoms with van der Waals surface area (Å²) < 4.78 is 0. The molecule has 1 spiro atoms. The fraction of sp³-hybridized carbons (Fsp3) is 0.970. The lowest BCUT2D eigenvalue weighted by atomic mass is 9.68. The van der Waals surface area contributed by atoms with Crippen molar-refractivity contribution in [2.45, 2.75) is 154 Å². The molecule has 2 fully saturated rings. The number of hydrogen-bond acceptors (Lipinski definition) is 7. The van der Waals surface area contributed by atoms with Crippen molar-refractivity contribution in [1.82, 2.24) is 25.3 Å². The molecule has 1 unspecified atom stereocenters. The van der Waals surface area contributed by atoms with Gasteiger partial charge in [0.25, 0.3) is 0 Å². The van der Waals surface area contributed by atoms with Gasteiger partial charge in [-0.1, -0.05) is 64.7 Å². The topological polar surface area (TPSA) is 103 Å². The lowest BCUT2D eigenvalue weighted by Gasteiger charge is -2.61. The Bertz CT molecular complexity index is 710. The van der Waals surface area contributed by atoms with Gasteiger partial charge in [-0.25, -0.2) is 0 Å². The lowest BCUT2D eigenvalue weighted by Crippen LogP contribution is -2.72. The number of carbonyl (C=O) groups is 1. The second-order valence-electron chi connectivity index (χ2n) is 14.4. The highest BCUT2D eigenvalue weighted by atomic mass is 16.2. The summed E-state index contributed by atoms with van der Waals surface area (Å²) in [5.41, 5.74) is 11.2. The summed E-state index contributed by atoms with van der Waals surface area (Å²) in [6, 6.07) is 0. The molecule has 6 N–H and O–H groups in total. The zero-order valence-electron chi connectivity index (χ0n) is 28.0. The molecule has 2 heterocycles. The van der Waals surface area contributed by atoms with Crippen LogP contribution in [0.3, 0.4) is 0 Å². The van der Waals surface area contributed by atoms with Gasteiger partial charge in [0, 0.05) is 36.6 Å². The number of nitrogens with zero attached hydrogens (tertiary/aromatic N) is 3. The summed E-state index contributed by atoms with van der Waals surface area (Å²) in [6.07, 6.45) is 17.8. The van der Waals surface area contributed by atoms with E-state index in [1.165, 1.54) is 64.2 Å². The normalized spacial score (nSPS) is 21.1. The van der Waals surface area contributed by atoms with Crippen LogP contribution in [0.2, 0.25) is 0 Å². The molecule has 1 amide bonds. The third-order valence-corrected chi connectivity index (χ3v) is 9.39.